The smallest absolute Gasteiger partial charge is 0.286 e. The summed E-state index contributed by atoms with van der Waals surface area (Å²) in [4.78, 5) is 5.71. The number of quaternary nitrogens is 1. The molecule has 1 saturated heterocycles. The van der Waals surface area contributed by atoms with Gasteiger partial charge in [0.15, 0.2) is 0 Å². The Hall–Kier alpha value is -1.55. The molecule has 3 heterocycles. The van der Waals surface area contributed by atoms with E-state index in [-0.39, 0.29) is 0 Å². The second-order valence-electron chi connectivity index (χ2n) is 3.88. The molecule has 0 atom stereocenters. The Labute approximate surface area is 87.9 Å². The van der Waals surface area contributed by atoms with Crippen molar-refractivity contribution in [2.45, 2.75) is 0 Å². The minimum Gasteiger partial charge on any atom is -0.464 e. The van der Waals surface area contributed by atoms with Crippen LogP contribution in [0.3, 0.4) is 0 Å². The molecule has 0 spiro atoms. The van der Waals surface area contributed by atoms with E-state index in [1.165, 1.54) is 24.3 Å². The lowest BCUT2D eigenvalue weighted by Crippen LogP contribution is -2.90. The Morgan fingerprint density at radius 1 is 1.27 bits per heavy atom. The average Bonchev–Trinajstić information content (AvgIpc) is 2.78. The molecule has 0 bridgehead atoms. The number of furan rings is 1. The van der Waals surface area contributed by atoms with Crippen LogP contribution >= 0.6 is 0 Å². The number of anilines is 1. The van der Waals surface area contributed by atoms with Crippen LogP contribution < -0.4 is 15.2 Å². The summed E-state index contributed by atoms with van der Waals surface area (Å²) in [6, 6.07) is 3.99. The first-order valence-corrected chi connectivity index (χ1v) is 5.40. The molecule has 1 aliphatic heterocycles. The van der Waals surface area contributed by atoms with Gasteiger partial charge in [-0.3, -0.25) is 0 Å². The summed E-state index contributed by atoms with van der Waals surface area (Å²) in [6.45, 7) is 4.53. The highest BCUT2D eigenvalue weighted by atomic mass is 16.3. The number of nitrogens with two attached hydrogens (primary N) is 1. The number of piperazine rings is 1. The number of pyridine rings is 1. The van der Waals surface area contributed by atoms with E-state index in [1.807, 2.05) is 18.3 Å². The summed E-state index contributed by atoms with van der Waals surface area (Å²) >= 11 is 0. The van der Waals surface area contributed by atoms with E-state index in [1.54, 1.807) is 6.26 Å². The molecule has 0 aromatic carbocycles. The Kier molecular flexibility index (Phi) is 2.07. The molecule has 4 nitrogen and oxygen atoms in total. The Morgan fingerprint density at radius 3 is 3.00 bits per heavy atom. The normalized spacial score (nSPS) is 17.2. The quantitative estimate of drug-likeness (QED) is 0.690. The van der Waals surface area contributed by atoms with Gasteiger partial charge in [-0.25, -0.2) is 9.88 Å². The number of H-pyrrole nitrogens is 1. The fourth-order valence-corrected chi connectivity index (χ4v) is 2.16. The van der Waals surface area contributed by atoms with Crippen LogP contribution in [-0.2, 0) is 0 Å². The van der Waals surface area contributed by atoms with E-state index < -0.39 is 0 Å². The van der Waals surface area contributed by atoms with Crippen molar-refractivity contribution in [2.75, 3.05) is 31.1 Å². The molecule has 0 aliphatic carbocycles. The molecule has 78 valence electrons. The van der Waals surface area contributed by atoms with Gasteiger partial charge >= 0.3 is 0 Å². The highest BCUT2D eigenvalue weighted by Gasteiger charge is 2.23. The van der Waals surface area contributed by atoms with Crippen LogP contribution in [-0.4, -0.2) is 26.2 Å². The molecule has 0 unspecified atom stereocenters. The van der Waals surface area contributed by atoms with Crippen LogP contribution in [0.25, 0.3) is 11.0 Å². The largest absolute Gasteiger partial charge is 0.464 e. The third-order valence-electron chi connectivity index (χ3n) is 2.93. The molecule has 2 aromatic heterocycles. The van der Waals surface area contributed by atoms with Gasteiger partial charge in [-0.2, -0.15) is 0 Å². The van der Waals surface area contributed by atoms with Crippen LogP contribution in [0.1, 0.15) is 0 Å². The molecule has 0 radical (unpaired) electrons. The Balaban J connectivity index is 2.05. The Morgan fingerprint density at radius 2 is 2.13 bits per heavy atom. The summed E-state index contributed by atoms with van der Waals surface area (Å²) in [5.74, 6) is 1.19. The second-order valence-corrected chi connectivity index (χ2v) is 3.88. The van der Waals surface area contributed by atoms with Crippen molar-refractivity contribution in [2.24, 2.45) is 0 Å². The molecule has 3 N–H and O–H groups in total. The fourth-order valence-electron chi connectivity index (χ4n) is 2.16. The standard InChI is InChI=1S/C11H13N3O/c1-3-13-11(9-2-8-15-10(1)9)14-6-4-12-5-7-14/h1-3,8,12H,4-7H2/p+2. The predicted octanol–water partition coefficient (Wildman–Crippen LogP) is -0.370. The first kappa shape index (κ1) is 8.73. The molecule has 1 fully saturated rings. The number of aromatic amines is 1. The van der Waals surface area contributed by atoms with E-state index in [0.717, 1.165) is 18.7 Å². The summed E-state index contributed by atoms with van der Waals surface area (Å²) in [7, 11) is 0. The first-order valence-electron chi connectivity index (χ1n) is 5.40. The number of nitrogens with zero attached hydrogens (tertiary/aromatic N) is 1. The maximum absolute atomic E-state index is 5.39. The lowest BCUT2D eigenvalue weighted by atomic mass is 10.2. The lowest BCUT2D eigenvalue weighted by molar-refractivity contribution is -0.656. The van der Waals surface area contributed by atoms with Gasteiger partial charge in [0.25, 0.3) is 5.82 Å². The van der Waals surface area contributed by atoms with E-state index >= 15 is 0 Å². The number of hydrogen-bond donors (Lipinski definition) is 1. The van der Waals surface area contributed by atoms with Gasteiger partial charge in [-0.05, 0) is 6.07 Å². The van der Waals surface area contributed by atoms with Gasteiger partial charge in [0, 0.05) is 6.07 Å². The Bertz CT molecular complexity index is 460. The minimum absolute atomic E-state index is 0.957. The monoisotopic (exact) mass is 205 g/mol. The number of nitrogens with one attached hydrogen (secondary N) is 1. The molecule has 2 aromatic rings. The molecule has 4 heteroatoms. The van der Waals surface area contributed by atoms with Crippen LogP contribution in [0.15, 0.2) is 29.0 Å². The van der Waals surface area contributed by atoms with Gasteiger partial charge in [-0.15, -0.1) is 0 Å². The molecule has 0 amide bonds. The SMILES string of the molecule is c1cc2occc2c(N2CC[NH2+]CC2)[nH+]1. The molecule has 0 saturated carbocycles. The van der Waals surface area contributed by atoms with Crippen molar-refractivity contribution >= 4 is 16.8 Å². The van der Waals surface area contributed by atoms with Gasteiger partial charge in [0.1, 0.15) is 37.1 Å². The van der Waals surface area contributed by atoms with E-state index in [4.69, 9.17) is 4.42 Å². The molecular weight excluding hydrogens is 190 g/mol. The number of hydrogen-bond acceptors (Lipinski definition) is 2. The summed E-state index contributed by atoms with van der Waals surface area (Å²) in [5.41, 5.74) is 0.957. The zero-order valence-corrected chi connectivity index (χ0v) is 8.57. The number of rotatable bonds is 1. The van der Waals surface area contributed by atoms with Gasteiger partial charge in [0.05, 0.1) is 12.5 Å². The van der Waals surface area contributed by atoms with Crippen LogP contribution in [0.2, 0.25) is 0 Å². The van der Waals surface area contributed by atoms with Crippen molar-refractivity contribution < 1.29 is 14.7 Å². The highest BCUT2D eigenvalue weighted by Crippen LogP contribution is 2.22. The third-order valence-corrected chi connectivity index (χ3v) is 2.93. The number of aromatic nitrogens is 1. The second kappa shape index (κ2) is 3.55. The maximum Gasteiger partial charge on any atom is 0.286 e. The summed E-state index contributed by atoms with van der Waals surface area (Å²) < 4.78 is 5.39. The first-order chi connectivity index (χ1) is 7.45. The van der Waals surface area contributed by atoms with Crippen molar-refractivity contribution in [1.82, 2.24) is 0 Å². The van der Waals surface area contributed by atoms with Crippen LogP contribution in [0.4, 0.5) is 5.82 Å². The predicted molar refractivity (Wildman–Crippen MR) is 56.6 cm³/mol. The average molecular weight is 205 g/mol. The number of fused-ring (bicyclic) bond motifs is 1. The zero-order chi connectivity index (χ0) is 10.1. The van der Waals surface area contributed by atoms with Gasteiger partial charge < -0.3 is 9.73 Å². The molecule has 3 rings (SSSR count). The van der Waals surface area contributed by atoms with Crippen molar-refractivity contribution in [3.63, 3.8) is 0 Å². The third kappa shape index (κ3) is 1.47. The summed E-state index contributed by atoms with van der Waals surface area (Å²) in [5, 5.41) is 3.53. The van der Waals surface area contributed by atoms with Crippen molar-refractivity contribution in [3.8, 4) is 0 Å². The topological polar surface area (TPSA) is 47.1 Å². The summed E-state index contributed by atoms with van der Waals surface area (Å²) in [6.07, 6.45) is 3.69. The van der Waals surface area contributed by atoms with Crippen LogP contribution in [0.5, 0.6) is 0 Å². The molecule has 15 heavy (non-hydrogen) atoms. The molecule has 1 aliphatic rings. The maximum atomic E-state index is 5.39. The van der Waals surface area contributed by atoms with Crippen LogP contribution in [0, 0.1) is 0 Å². The minimum atomic E-state index is 0.957. The van der Waals surface area contributed by atoms with Gasteiger partial charge in [0.2, 0.25) is 0 Å². The lowest BCUT2D eigenvalue weighted by Gasteiger charge is -2.19. The van der Waals surface area contributed by atoms with Gasteiger partial charge in [-0.1, -0.05) is 0 Å². The molecular formula is C11H15N3O+2. The van der Waals surface area contributed by atoms with E-state index in [9.17, 15) is 0 Å². The van der Waals surface area contributed by atoms with Crippen molar-refractivity contribution in [1.29, 1.82) is 0 Å². The highest BCUT2D eigenvalue weighted by molar-refractivity contribution is 5.86. The van der Waals surface area contributed by atoms with E-state index in [0.29, 0.717) is 0 Å². The van der Waals surface area contributed by atoms with Crippen molar-refractivity contribution in [3.05, 3.63) is 24.6 Å². The fraction of sp³-hybridized carbons (Fsp3) is 0.364. The van der Waals surface area contributed by atoms with E-state index in [2.05, 4.69) is 15.2 Å². The zero-order valence-electron chi connectivity index (χ0n) is 8.57.